The van der Waals surface area contributed by atoms with Gasteiger partial charge in [0.1, 0.15) is 11.9 Å². The lowest BCUT2D eigenvalue weighted by molar-refractivity contribution is 0.626. The molecule has 0 bridgehead atoms. The summed E-state index contributed by atoms with van der Waals surface area (Å²) in [6, 6.07) is 4.44. The van der Waals surface area contributed by atoms with Crippen LogP contribution in [0.15, 0.2) is 21.1 Å². The molecule has 11 heavy (non-hydrogen) atoms. The third-order valence-electron chi connectivity index (χ3n) is 1.12. The van der Waals surface area contributed by atoms with Crippen LogP contribution in [0.25, 0.3) is 0 Å². The summed E-state index contributed by atoms with van der Waals surface area (Å²) < 4.78 is 13.5. The Labute approximate surface area is 80.1 Å². The van der Waals surface area contributed by atoms with E-state index in [1.807, 2.05) is 6.07 Å². The number of benzene rings is 1. The molecule has 1 rings (SSSR count). The van der Waals surface area contributed by atoms with Gasteiger partial charge in [-0.25, -0.2) is 4.39 Å². The fourth-order valence-electron chi connectivity index (χ4n) is 0.649. The van der Waals surface area contributed by atoms with Gasteiger partial charge in [-0.05, 0) is 44.0 Å². The van der Waals surface area contributed by atoms with E-state index >= 15 is 0 Å². The topological polar surface area (TPSA) is 23.8 Å². The molecule has 0 heterocycles. The summed E-state index contributed by atoms with van der Waals surface area (Å²) in [6.45, 7) is 0. The molecule has 0 atom stereocenters. The van der Waals surface area contributed by atoms with Crippen molar-refractivity contribution in [3.8, 4) is 6.07 Å². The molecule has 0 radical (unpaired) electrons. The minimum absolute atomic E-state index is 0.372. The monoisotopic (exact) mass is 277 g/mol. The first-order valence-electron chi connectivity index (χ1n) is 2.70. The van der Waals surface area contributed by atoms with E-state index in [-0.39, 0.29) is 5.82 Å². The van der Waals surface area contributed by atoms with Crippen LogP contribution < -0.4 is 0 Å². The zero-order valence-electron chi connectivity index (χ0n) is 5.24. The van der Waals surface area contributed by atoms with Gasteiger partial charge in [-0.3, -0.25) is 0 Å². The zero-order valence-corrected chi connectivity index (χ0v) is 8.41. The summed E-state index contributed by atoms with van der Waals surface area (Å²) in [5.74, 6) is -0.372. The van der Waals surface area contributed by atoms with Gasteiger partial charge in [-0.1, -0.05) is 0 Å². The van der Waals surface area contributed by atoms with Gasteiger partial charge in [0.05, 0.1) is 5.56 Å². The third-order valence-corrected chi connectivity index (χ3v) is 2.37. The Morgan fingerprint density at radius 3 is 2.09 bits per heavy atom. The lowest BCUT2D eigenvalue weighted by atomic mass is 10.2. The molecule has 1 aromatic carbocycles. The van der Waals surface area contributed by atoms with Gasteiger partial charge in [0, 0.05) is 8.95 Å². The largest absolute Gasteiger partial charge is 0.207 e. The molecule has 56 valence electrons. The fourth-order valence-corrected chi connectivity index (χ4v) is 1.96. The lowest BCUT2D eigenvalue weighted by Crippen LogP contribution is -1.82. The predicted octanol–water partition coefficient (Wildman–Crippen LogP) is 3.22. The van der Waals surface area contributed by atoms with E-state index < -0.39 is 0 Å². The second-order valence-corrected chi connectivity index (χ2v) is 3.56. The molecule has 0 aromatic heterocycles. The van der Waals surface area contributed by atoms with Crippen molar-refractivity contribution in [2.45, 2.75) is 0 Å². The van der Waals surface area contributed by atoms with E-state index in [9.17, 15) is 4.39 Å². The maximum absolute atomic E-state index is 12.6. The quantitative estimate of drug-likeness (QED) is 0.715. The molecule has 0 saturated carbocycles. The van der Waals surface area contributed by atoms with Crippen molar-refractivity contribution in [1.29, 1.82) is 5.26 Å². The van der Waals surface area contributed by atoms with Crippen LogP contribution in [0.3, 0.4) is 0 Å². The van der Waals surface area contributed by atoms with E-state index in [0.29, 0.717) is 14.5 Å². The van der Waals surface area contributed by atoms with Gasteiger partial charge in [0.15, 0.2) is 0 Å². The predicted molar refractivity (Wildman–Crippen MR) is 46.5 cm³/mol. The number of nitriles is 1. The molecule has 0 N–H and O–H groups in total. The molecule has 0 aliphatic carbocycles. The average molecular weight is 279 g/mol. The Kier molecular flexibility index (Phi) is 2.63. The molecule has 0 saturated heterocycles. The summed E-state index contributed by atoms with van der Waals surface area (Å²) >= 11 is 6.13. The van der Waals surface area contributed by atoms with Crippen LogP contribution in [0, 0.1) is 17.1 Å². The highest BCUT2D eigenvalue weighted by Gasteiger charge is 2.05. The molecule has 1 nitrogen and oxygen atoms in total. The molecule has 0 aliphatic rings. The Morgan fingerprint density at radius 1 is 1.27 bits per heavy atom. The Balaban J connectivity index is 3.40. The maximum Gasteiger partial charge on any atom is 0.125 e. The van der Waals surface area contributed by atoms with Gasteiger partial charge in [0.25, 0.3) is 0 Å². The van der Waals surface area contributed by atoms with Crippen molar-refractivity contribution in [1.82, 2.24) is 0 Å². The number of nitrogens with zero attached hydrogens (tertiary/aromatic N) is 1. The van der Waals surface area contributed by atoms with E-state index in [0.717, 1.165) is 0 Å². The van der Waals surface area contributed by atoms with Crippen LogP contribution in [0.5, 0.6) is 0 Å². The van der Waals surface area contributed by atoms with Crippen LogP contribution in [0.1, 0.15) is 5.56 Å². The maximum atomic E-state index is 12.6. The minimum Gasteiger partial charge on any atom is -0.207 e. The standard InChI is InChI=1S/C7H2Br2FN/c8-6-1-4(10)2-7(9)5(6)3-11/h1-2H. The Morgan fingerprint density at radius 2 is 1.73 bits per heavy atom. The zero-order chi connectivity index (χ0) is 8.43. The van der Waals surface area contributed by atoms with Gasteiger partial charge in [-0.15, -0.1) is 0 Å². The van der Waals surface area contributed by atoms with Gasteiger partial charge in [0.2, 0.25) is 0 Å². The average Bonchev–Trinajstić information content (AvgIpc) is 1.85. The molecule has 0 aliphatic heterocycles. The first-order valence-corrected chi connectivity index (χ1v) is 4.28. The number of hydrogen-bond donors (Lipinski definition) is 0. The van der Waals surface area contributed by atoms with Crippen LogP contribution in [0.4, 0.5) is 4.39 Å². The minimum atomic E-state index is -0.372. The van der Waals surface area contributed by atoms with Crippen molar-refractivity contribution in [3.63, 3.8) is 0 Å². The highest BCUT2D eigenvalue weighted by atomic mass is 79.9. The van der Waals surface area contributed by atoms with E-state index in [4.69, 9.17) is 5.26 Å². The summed E-state index contributed by atoms with van der Waals surface area (Å²) in [5, 5.41) is 8.56. The molecule has 0 fully saturated rings. The van der Waals surface area contributed by atoms with Crippen molar-refractivity contribution in [2.24, 2.45) is 0 Å². The first-order chi connectivity index (χ1) is 5.15. The normalized spacial score (nSPS) is 9.27. The van der Waals surface area contributed by atoms with E-state index in [1.165, 1.54) is 12.1 Å². The molecule has 4 heteroatoms. The summed E-state index contributed by atoms with van der Waals surface area (Å²) in [6.07, 6.45) is 0. The van der Waals surface area contributed by atoms with E-state index in [2.05, 4.69) is 31.9 Å². The summed E-state index contributed by atoms with van der Waals surface area (Å²) in [4.78, 5) is 0. The number of halogens is 3. The van der Waals surface area contributed by atoms with Crippen LogP contribution in [-0.2, 0) is 0 Å². The molecular weight excluding hydrogens is 277 g/mol. The lowest BCUT2D eigenvalue weighted by Gasteiger charge is -1.97. The van der Waals surface area contributed by atoms with E-state index in [1.54, 1.807) is 0 Å². The highest BCUT2D eigenvalue weighted by molar-refractivity contribution is 9.11. The molecule has 0 spiro atoms. The summed E-state index contributed by atoms with van der Waals surface area (Å²) in [7, 11) is 0. The summed E-state index contributed by atoms with van der Waals surface area (Å²) in [5.41, 5.74) is 0.409. The van der Waals surface area contributed by atoms with Crippen molar-refractivity contribution < 1.29 is 4.39 Å². The second-order valence-electron chi connectivity index (χ2n) is 1.86. The second kappa shape index (κ2) is 3.33. The van der Waals surface area contributed by atoms with Crippen LogP contribution in [0.2, 0.25) is 0 Å². The van der Waals surface area contributed by atoms with Crippen LogP contribution in [-0.4, -0.2) is 0 Å². The Hall–Kier alpha value is -0.400. The van der Waals surface area contributed by atoms with Gasteiger partial charge < -0.3 is 0 Å². The van der Waals surface area contributed by atoms with Crippen molar-refractivity contribution >= 4 is 31.9 Å². The molecule has 0 unspecified atom stereocenters. The smallest absolute Gasteiger partial charge is 0.125 e. The van der Waals surface area contributed by atoms with Gasteiger partial charge in [-0.2, -0.15) is 5.26 Å². The highest BCUT2D eigenvalue weighted by Crippen LogP contribution is 2.25. The SMILES string of the molecule is N#Cc1c(Br)cc(F)cc1Br. The number of hydrogen-bond acceptors (Lipinski definition) is 1. The first kappa shape index (κ1) is 8.69. The van der Waals surface area contributed by atoms with Crippen molar-refractivity contribution in [2.75, 3.05) is 0 Å². The molecule has 0 amide bonds. The fraction of sp³-hybridized carbons (Fsp3) is 0. The van der Waals surface area contributed by atoms with Gasteiger partial charge >= 0.3 is 0 Å². The number of rotatable bonds is 0. The van der Waals surface area contributed by atoms with Crippen LogP contribution >= 0.6 is 31.9 Å². The third kappa shape index (κ3) is 1.79. The Bertz CT molecular complexity index is 307. The molecular formula is C7H2Br2FN. The van der Waals surface area contributed by atoms with Crippen molar-refractivity contribution in [3.05, 3.63) is 32.5 Å². The molecule has 1 aromatic rings.